The van der Waals surface area contributed by atoms with Crippen molar-refractivity contribution in [1.82, 2.24) is 0 Å². The van der Waals surface area contributed by atoms with Crippen molar-refractivity contribution in [2.24, 2.45) is 0 Å². The zero-order valence-corrected chi connectivity index (χ0v) is 11.2. The van der Waals surface area contributed by atoms with Gasteiger partial charge in [-0.05, 0) is 19.9 Å². The summed E-state index contributed by atoms with van der Waals surface area (Å²) in [6.07, 6.45) is 0.0275. The second kappa shape index (κ2) is 5.38. The van der Waals surface area contributed by atoms with Crippen LogP contribution in [0.15, 0.2) is 18.2 Å². The highest BCUT2D eigenvalue weighted by Gasteiger charge is 2.36. The maximum absolute atomic E-state index is 11.9. The minimum absolute atomic E-state index is 0.0275. The number of benzene rings is 1. The van der Waals surface area contributed by atoms with Crippen LogP contribution < -0.4 is 4.90 Å². The van der Waals surface area contributed by atoms with E-state index in [-0.39, 0.29) is 23.9 Å². The number of ketones is 1. The van der Waals surface area contributed by atoms with E-state index in [1.54, 1.807) is 0 Å². The van der Waals surface area contributed by atoms with E-state index < -0.39 is 16.6 Å². The molecular weight excluding hydrogens is 264 g/mol. The van der Waals surface area contributed by atoms with E-state index in [1.165, 1.54) is 17.0 Å². The molecule has 0 N–H and O–H groups in total. The molecule has 106 valence electrons. The highest BCUT2D eigenvalue weighted by atomic mass is 16.6. The summed E-state index contributed by atoms with van der Waals surface area (Å²) in [5.41, 5.74) is 0.275. The first-order chi connectivity index (χ1) is 9.41. The van der Waals surface area contributed by atoms with E-state index in [0.29, 0.717) is 12.3 Å². The SMILES string of the molecule is CC(C)OCCN1C(=O)C(=O)c2cc([N+](=O)[O-])ccc21. The highest BCUT2D eigenvalue weighted by Crippen LogP contribution is 2.31. The molecule has 0 saturated carbocycles. The van der Waals surface area contributed by atoms with Crippen LogP contribution in [0.3, 0.4) is 0 Å². The van der Waals surface area contributed by atoms with Crippen molar-refractivity contribution in [2.45, 2.75) is 20.0 Å². The molecule has 0 saturated heterocycles. The number of nitro benzene ring substituents is 1. The maximum atomic E-state index is 11.9. The van der Waals surface area contributed by atoms with Gasteiger partial charge in [-0.25, -0.2) is 0 Å². The molecule has 0 bridgehead atoms. The first-order valence-electron chi connectivity index (χ1n) is 6.18. The predicted octanol–water partition coefficient (Wildman–Crippen LogP) is 1.55. The van der Waals surface area contributed by atoms with Crippen molar-refractivity contribution >= 4 is 23.1 Å². The lowest BCUT2D eigenvalue weighted by Crippen LogP contribution is -2.33. The molecule has 20 heavy (non-hydrogen) atoms. The van der Waals surface area contributed by atoms with Crippen LogP contribution in [-0.2, 0) is 9.53 Å². The lowest BCUT2D eigenvalue weighted by Gasteiger charge is -2.17. The Hall–Kier alpha value is -2.28. The molecule has 0 aliphatic carbocycles. The van der Waals surface area contributed by atoms with Gasteiger partial charge in [-0.15, -0.1) is 0 Å². The van der Waals surface area contributed by atoms with Gasteiger partial charge in [0.15, 0.2) is 0 Å². The number of fused-ring (bicyclic) bond motifs is 1. The fourth-order valence-electron chi connectivity index (χ4n) is 2.00. The van der Waals surface area contributed by atoms with E-state index in [9.17, 15) is 19.7 Å². The summed E-state index contributed by atoms with van der Waals surface area (Å²) >= 11 is 0. The van der Waals surface area contributed by atoms with Gasteiger partial charge in [-0.3, -0.25) is 19.7 Å². The van der Waals surface area contributed by atoms with E-state index >= 15 is 0 Å². The lowest BCUT2D eigenvalue weighted by atomic mass is 10.1. The molecule has 2 rings (SSSR count). The average Bonchev–Trinajstić information content (AvgIpc) is 2.63. The summed E-state index contributed by atoms with van der Waals surface area (Å²) < 4.78 is 5.35. The minimum atomic E-state index is -0.715. The molecule has 0 aromatic heterocycles. The largest absolute Gasteiger partial charge is 0.377 e. The Morgan fingerprint density at radius 3 is 2.65 bits per heavy atom. The number of nitro groups is 1. The van der Waals surface area contributed by atoms with E-state index in [1.807, 2.05) is 13.8 Å². The Bertz CT molecular complexity index is 582. The van der Waals surface area contributed by atoms with E-state index in [0.717, 1.165) is 6.07 Å². The third-order valence-corrected chi connectivity index (χ3v) is 2.93. The normalized spacial score (nSPS) is 14.1. The molecule has 7 nitrogen and oxygen atoms in total. The topological polar surface area (TPSA) is 89.8 Å². The smallest absolute Gasteiger partial charge is 0.299 e. The van der Waals surface area contributed by atoms with Crippen molar-refractivity contribution in [1.29, 1.82) is 0 Å². The fraction of sp³-hybridized carbons (Fsp3) is 0.385. The van der Waals surface area contributed by atoms with Crippen molar-refractivity contribution < 1.29 is 19.2 Å². The molecule has 1 heterocycles. The Morgan fingerprint density at radius 1 is 1.35 bits per heavy atom. The van der Waals surface area contributed by atoms with Gasteiger partial charge in [0.25, 0.3) is 17.4 Å². The highest BCUT2D eigenvalue weighted by molar-refractivity contribution is 6.52. The number of hydrogen-bond donors (Lipinski definition) is 0. The average molecular weight is 278 g/mol. The van der Waals surface area contributed by atoms with Gasteiger partial charge in [-0.2, -0.15) is 0 Å². The standard InChI is InChI=1S/C13H14N2O5/c1-8(2)20-6-5-14-11-4-3-9(15(18)19)7-10(11)12(16)13(14)17/h3-4,7-8H,5-6H2,1-2H3. The molecule has 1 amide bonds. The van der Waals surface area contributed by atoms with E-state index in [2.05, 4.69) is 0 Å². The zero-order chi connectivity index (χ0) is 14.9. The number of non-ortho nitro benzene ring substituents is 1. The molecule has 0 unspecified atom stereocenters. The van der Waals surface area contributed by atoms with Crippen LogP contribution in [0.4, 0.5) is 11.4 Å². The number of carbonyl (C=O) groups excluding carboxylic acids is 2. The minimum Gasteiger partial charge on any atom is -0.377 e. The van der Waals surface area contributed by atoms with Crippen LogP contribution in [0.2, 0.25) is 0 Å². The van der Waals surface area contributed by atoms with Crippen molar-refractivity contribution in [3.63, 3.8) is 0 Å². The van der Waals surface area contributed by atoms with Crippen LogP contribution in [0.25, 0.3) is 0 Å². The van der Waals surface area contributed by atoms with Gasteiger partial charge in [0.1, 0.15) is 0 Å². The summed E-state index contributed by atoms with van der Waals surface area (Å²) in [7, 11) is 0. The molecule has 1 aromatic carbocycles. The zero-order valence-electron chi connectivity index (χ0n) is 11.2. The number of carbonyl (C=O) groups is 2. The number of anilines is 1. The predicted molar refractivity (Wildman–Crippen MR) is 70.9 cm³/mol. The molecule has 0 atom stereocenters. The van der Waals surface area contributed by atoms with Gasteiger partial charge in [-0.1, -0.05) is 0 Å². The molecular formula is C13H14N2O5. The molecule has 1 aliphatic heterocycles. The summed E-state index contributed by atoms with van der Waals surface area (Å²) in [5, 5.41) is 10.7. The quantitative estimate of drug-likeness (QED) is 0.463. The van der Waals surface area contributed by atoms with Crippen LogP contribution >= 0.6 is 0 Å². The van der Waals surface area contributed by atoms with Crippen LogP contribution in [0.1, 0.15) is 24.2 Å². The summed E-state index contributed by atoms with van der Waals surface area (Å²) in [5.74, 6) is -1.39. The first-order valence-corrected chi connectivity index (χ1v) is 6.18. The molecule has 0 radical (unpaired) electrons. The second-order valence-electron chi connectivity index (χ2n) is 4.66. The van der Waals surface area contributed by atoms with Crippen molar-refractivity contribution in [2.75, 3.05) is 18.1 Å². The van der Waals surface area contributed by atoms with Gasteiger partial charge < -0.3 is 9.64 Å². The summed E-state index contributed by atoms with van der Waals surface area (Å²) in [6.45, 7) is 4.28. The van der Waals surface area contributed by atoms with Crippen LogP contribution in [0, 0.1) is 10.1 Å². The Balaban J connectivity index is 2.24. The lowest BCUT2D eigenvalue weighted by molar-refractivity contribution is -0.384. The number of ether oxygens (including phenoxy) is 1. The van der Waals surface area contributed by atoms with Crippen molar-refractivity contribution in [3.05, 3.63) is 33.9 Å². The molecule has 1 aliphatic rings. The van der Waals surface area contributed by atoms with Crippen LogP contribution in [0.5, 0.6) is 0 Å². The van der Waals surface area contributed by atoms with E-state index in [4.69, 9.17) is 4.74 Å². The third-order valence-electron chi connectivity index (χ3n) is 2.93. The number of Topliss-reactive ketones (excluding diaryl/α,β-unsaturated/α-hetero) is 1. The number of nitrogens with zero attached hydrogens (tertiary/aromatic N) is 2. The second-order valence-corrected chi connectivity index (χ2v) is 4.66. The summed E-state index contributed by atoms with van der Waals surface area (Å²) in [4.78, 5) is 35.1. The summed E-state index contributed by atoms with van der Waals surface area (Å²) in [6, 6.07) is 3.84. The third kappa shape index (κ3) is 2.53. The Kier molecular flexibility index (Phi) is 3.80. The van der Waals surface area contributed by atoms with Crippen molar-refractivity contribution in [3.8, 4) is 0 Å². The number of rotatable bonds is 5. The number of hydrogen-bond acceptors (Lipinski definition) is 5. The first kappa shape index (κ1) is 14.1. The molecule has 7 heteroatoms. The Labute approximate surface area is 115 Å². The van der Waals surface area contributed by atoms with Gasteiger partial charge in [0.05, 0.1) is 28.9 Å². The molecule has 1 aromatic rings. The molecule has 0 fully saturated rings. The van der Waals surface area contributed by atoms with Gasteiger partial charge >= 0.3 is 0 Å². The molecule has 0 spiro atoms. The maximum Gasteiger partial charge on any atom is 0.299 e. The van der Waals surface area contributed by atoms with Gasteiger partial charge in [0, 0.05) is 18.7 Å². The van der Waals surface area contributed by atoms with Crippen LogP contribution in [-0.4, -0.2) is 35.9 Å². The number of amides is 1. The monoisotopic (exact) mass is 278 g/mol. The fourth-order valence-corrected chi connectivity index (χ4v) is 2.00. The Morgan fingerprint density at radius 2 is 2.05 bits per heavy atom. The van der Waals surface area contributed by atoms with Gasteiger partial charge in [0.2, 0.25) is 0 Å².